The van der Waals surface area contributed by atoms with Gasteiger partial charge in [0.2, 0.25) is 0 Å². The minimum atomic E-state index is -4.37. The zero-order valence-electron chi connectivity index (χ0n) is 9.49. The largest absolute Gasteiger partial charge is 0.416 e. The van der Waals surface area contributed by atoms with Gasteiger partial charge in [0.1, 0.15) is 11.6 Å². The topological polar surface area (TPSA) is 53.6 Å². The van der Waals surface area contributed by atoms with E-state index in [1.54, 1.807) is 19.3 Å². The Morgan fingerprint density at radius 2 is 2.06 bits per heavy atom. The summed E-state index contributed by atoms with van der Waals surface area (Å²) in [5, 5.41) is 2.85. The first-order valence-corrected chi connectivity index (χ1v) is 5.26. The van der Waals surface area contributed by atoms with Gasteiger partial charge in [0.15, 0.2) is 0 Å². The third-order valence-corrected chi connectivity index (χ3v) is 2.38. The van der Waals surface area contributed by atoms with Crippen LogP contribution in [0.3, 0.4) is 0 Å². The number of hydrogen-bond donors (Lipinski definition) is 2. The number of nitrogens with one attached hydrogen (secondary N) is 2. The SMILES string of the molecule is CC(Nc1cc(C(F)(F)F)ccn1)c1ncc[nH]1. The molecule has 0 radical (unpaired) electrons. The molecule has 0 aromatic carbocycles. The Hall–Kier alpha value is -2.05. The van der Waals surface area contributed by atoms with Gasteiger partial charge < -0.3 is 10.3 Å². The molecule has 0 spiro atoms. The molecule has 2 rings (SSSR count). The Kier molecular flexibility index (Phi) is 3.22. The highest BCUT2D eigenvalue weighted by Gasteiger charge is 2.30. The second-order valence-electron chi connectivity index (χ2n) is 3.77. The van der Waals surface area contributed by atoms with E-state index in [2.05, 4.69) is 20.3 Å². The second kappa shape index (κ2) is 4.67. The van der Waals surface area contributed by atoms with Crippen LogP contribution in [0.2, 0.25) is 0 Å². The van der Waals surface area contributed by atoms with Gasteiger partial charge in [0.25, 0.3) is 0 Å². The Balaban J connectivity index is 2.15. The van der Waals surface area contributed by atoms with E-state index >= 15 is 0 Å². The molecule has 96 valence electrons. The third kappa shape index (κ3) is 2.79. The summed E-state index contributed by atoms with van der Waals surface area (Å²) in [6.45, 7) is 1.78. The van der Waals surface area contributed by atoms with Gasteiger partial charge in [0.05, 0.1) is 11.6 Å². The zero-order chi connectivity index (χ0) is 13.2. The average molecular weight is 256 g/mol. The van der Waals surface area contributed by atoms with Crippen molar-refractivity contribution in [3.05, 3.63) is 42.1 Å². The van der Waals surface area contributed by atoms with Crippen LogP contribution in [0.5, 0.6) is 0 Å². The maximum Gasteiger partial charge on any atom is 0.416 e. The van der Waals surface area contributed by atoms with Crippen molar-refractivity contribution >= 4 is 5.82 Å². The van der Waals surface area contributed by atoms with E-state index in [0.29, 0.717) is 5.82 Å². The standard InChI is InChI=1S/C11H11F3N4/c1-7(10-16-4-5-17-10)18-9-6-8(2-3-15-9)11(12,13)14/h2-7H,1H3,(H,15,18)(H,16,17). The Morgan fingerprint density at radius 3 is 2.67 bits per heavy atom. The first-order valence-electron chi connectivity index (χ1n) is 5.26. The van der Waals surface area contributed by atoms with Crippen LogP contribution in [0.15, 0.2) is 30.7 Å². The quantitative estimate of drug-likeness (QED) is 0.887. The van der Waals surface area contributed by atoms with E-state index in [1.807, 2.05) is 0 Å². The first-order chi connectivity index (χ1) is 8.47. The second-order valence-corrected chi connectivity index (χ2v) is 3.77. The molecule has 2 aromatic heterocycles. The van der Waals surface area contributed by atoms with Crippen LogP contribution >= 0.6 is 0 Å². The van der Waals surface area contributed by atoms with Crippen molar-refractivity contribution in [1.29, 1.82) is 0 Å². The highest BCUT2D eigenvalue weighted by Crippen LogP contribution is 2.30. The van der Waals surface area contributed by atoms with Gasteiger partial charge in [0, 0.05) is 18.6 Å². The van der Waals surface area contributed by atoms with Crippen molar-refractivity contribution in [3.63, 3.8) is 0 Å². The van der Waals surface area contributed by atoms with Crippen LogP contribution in [0.1, 0.15) is 24.4 Å². The van der Waals surface area contributed by atoms with E-state index in [4.69, 9.17) is 0 Å². The van der Waals surface area contributed by atoms with Gasteiger partial charge in [-0.2, -0.15) is 13.2 Å². The summed E-state index contributed by atoms with van der Waals surface area (Å²) in [6.07, 6.45) is -0.0204. The molecule has 2 heterocycles. The number of pyridine rings is 1. The fourth-order valence-corrected chi connectivity index (χ4v) is 1.49. The number of rotatable bonds is 3. The Labute approximate surface area is 101 Å². The molecule has 1 atom stereocenters. The van der Waals surface area contributed by atoms with Crippen LogP contribution in [0, 0.1) is 0 Å². The van der Waals surface area contributed by atoms with Crippen molar-refractivity contribution < 1.29 is 13.2 Å². The van der Waals surface area contributed by atoms with Crippen molar-refractivity contribution in [1.82, 2.24) is 15.0 Å². The number of imidazole rings is 1. The average Bonchev–Trinajstić information content (AvgIpc) is 2.81. The fourth-order valence-electron chi connectivity index (χ4n) is 1.49. The summed E-state index contributed by atoms with van der Waals surface area (Å²) in [5.41, 5.74) is -0.730. The van der Waals surface area contributed by atoms with Crippen LogP contribution in [0.25, 0.3) is 0 Å². The summed E-state index contributed by atoms with van der Waals surface area (Å²) in [7, 11) is 0. The van der Waals surface area contributed by atoms with Gasteiger partial charge >= 0.3 is 6.18 Å². The predicted molar refractivity (Wildman–Crippen MR) is 59.9 cm³/mol. The number of aromatic amines is 1. The molecule has 0 aliphatic rings. The van der Waals surface area contributed by atoms with E-state index in [1.165, 1.54) is 0 Å². The molecule has 1 unspecified atom stereocenters. The molecule has 0 fully saturated rings. The number of aromatic nitrogens is 3. The van der Waals surface area contributed by atoms with Crippen LogP contribution < -0.4 is 5.32 Å². The molecule has 0 saturated heterocycles. The van der Waals surface area contributed by atoms with Crippen LogP contribution in [-0.2, 0) is 6.18 Å². The predicted octanol–water partition coefficient (Wildman–Crippen LogP) is 3.00. The van der Waals surface area contributed by atoms with Gasteiger partial charge in [-0.25, -0.2) is 9.97 Å². The minimum absolute atomic E-state index is 0.161. The number of hydrogen-bond acceptors (Lipinski definition) is 3. The van der Waals surface area contributed by atoms with Gasteiger partial charge in [-0.1, -0.05) is 0 Å². The lowest BCUT2D eigenvalue weighted by molar-refractivity contribution is -0.137. The molecule has 0 amide bonds. The lowest BCUT2D eigenvalue weighted by Gasteiger charge is -2.13. The molecule has 0 saturated carbocycles. The first kappa shape index (κ1) is 12.4. The van der Waals surface area contributed by atoms with Crippen molar-refractivity contribution in [2.45, 2.75) is 19.1 Å². The summed E-state index contributed by atoms with van der Waals surface area (Å²) < 4.78 is 37.5. The number of alkyl halides is 3. The monoisotopic (exact) mass is 256 g/mol. The molecule has 0 bridgehead atoms. The molecule has 0 aliphatic heterocycles. The highest BCUT2D eigenvalue weighted by atomic mass is 19.4. The molecular weight excluding hydrogens is 245 g/mol. The van der Waals surface area contributed by atoms with E-state index in [0.717, 1.165) is 18.3 Å². The minimum Gasteiger partial charge on any atom is -0.360 e. The number of nitrogens with zero attached hydrogens (tertiary/aromatic N) is 2. The number of anilines is 1. The maximum absolute atomic E-state index is 12.5. The van der Waals surface area contributed by atoms with Crippen LogP contribution in [0.4, 0.5) is 19.0 Å². The molecule has 2 N–H and O–H groups in total. The van der Waals surface area contributed by atoms with Crippen molar-refractivity contribution in [2.24, 2.45) is 0 Å². The van der Waals surface area contributed by atoms with Gasteiger partial charge in [-0.15, -0.1) is 0 Å². The summed E-state index contributed by atoms with van der Waals surface area (Å²) in [4.78, 5) is 10.7. The van der Waals surface area contributed by atoms with E-state index in [-0.39, 0.29) is 11.9 Å². The lowest BCUT2D eigenvalue weighted by Crippen LogP contribution is -2.11. The zero-order valence-corrected chi connectivity index (χ0v) is 9.49. The maximum atomic E-state index is 12.5. The molecule has 4 nitrogen and oxygen atoms in total. The summed E-state index contributed by atoms with van der Waals surface area (Å²) >= 11 is 0. The van der Waals surface area contributed by atoms with Crippen molar-refractivity contribution in [2.75, 3.05) is 5.32 Å². The lowest BCUT2D eigenvalue weighted by atomic mass is 10.2. The van der Waals surface area contributed by atoms with E-state index < -0.39 is 11.7 Å². The smallest absolute Gasteiger partial charge is 0.360 e. The number of H-pyrrole nitrogens is 1. The Morgan fingerprint density at radius 1 is 1.28 bits per heavy atom. The molecule has 7 heteroatoms. The molecule has 2 aromatic rings. The molecular formula is C11H11F3N4. The molecule has 18 heavy (non-hydrogen) atoms. The summed E-state index contributed by atoms with van der Waals surface area (Å²) in [6, 6.07) is 1.65. The highest BCUT2D eigenvalue weighted by molar-refractivity contribution is 5.40. The van der Waals surface area contributed by atoms with Gasteiger partial charge in [-0.3, -0.25) is 0 Å². The fraction of sp³-hybridized carbons (Fsp3) is 0.273. The van der Waals surface area contributed by atoms with E-state index in [9.17, 15) is 13.2 Å². The normalized spacial score (nSPS) is 13.3. The van der Waals surface area contributed by atoms with Crippen LogP contribution in [-0.4, -0.2) is 15.0 Å². The third-order valence-electron chi connectivity index (χ3n) is 2.38. The summed E-state index contributed by atoms with van der Waals surface area (Å²) in [5.74, 6) is 0.794. The van der Waals surface area contributed by atoms with Gasteiger partial charge in [-0.05, 0) is 19.1 Å². The molecule has 0 aliphatic carbocycles. The Bertz CT molecular complexity index is 507. The number of halogens is 3. The van der Waals surface area contributed by atoms with Crippen molar-refractivity contribution in [3.8, 4) is 0 Å².